The average molecular weight is 282 g/mol. The lowest BCUT2D eigenvalue weighted by molar-refractivity contribution is -0.138. The topological polar surface area (TPSA) is 8.17 Å². The molecular weight excluding hydrogens is 265 g/mol. The van der Waals surface area contributed by atoms with Crippen LogP contribution in [0.4, 0.5) is 13.2 Å². The summed E-state index contributed by atoms with van der Waals surface area (Å²) in [6, 6.07) is 9.61. The standard InChI is InChI=1S/C15H17F3N2/c1-19(11-13-7-5-9-20(13)2)10-12-6-3-4-8-14(12)15(16,17)18/h3-9H,10-11H2,1-2H3. The van der Waals surface area contributed by atoms with Gasteiger partial charge in [-0.2, -0.15) is 13.2 Å². The van der Waals surface area contributed by atoms with Crippen LogP contribution in [-0.4, -0.2) is 16.5 Å². The monoisotopic (exact) mass is 282 g/mol. The molecule has 0 aliphatic carbocycles. The van der Waals surface area contributed by atoms with Crippen LogP contribution in [0.1, 0.15) is 16.8 Å². The van der Waals surface area contributed by atoms with E-state index in [9.17, 15) is 13.2 Å². The van der Waals surface area contributed by atoms with Gasteiger partial charge in [0.15, 0.2) is 0 Å². The Balaban J connectivity index is 2.12. The van der Waals surface area contributed by atoms with E-state index in [1.165, 1.54) is 12.1 Å². The Morgan fingerprint density at radius 1 is 1.05 bits per heavy atom. The van der Waals surface area contributed by atoms with Crippen molar-refractivity contribution in [1.29, 1.82) is 0 Å². The van der Waals surface area contributed by atoms with E-state index in [1.54, 1.807) is 6.07 Å². The van der Waals surface area contributed by atoms with Gasteiger partial charge in [0.1, 0.15) is 0 Å². The molecule has 2 aromatic rings. The average Bonchev–Trinajstić information content (AvgIpc) is 2.74. The van der Waals surface area contributed by atoms with Crippen LogP contribution in [0.15, 0.2) is 42.6 Å². The van der Waals surface area contributed by atoms with Crippen LogP contribution in [0.5, 0.6) is 0 Å². The molecule has 0 atom stereocenters. The van der Waals surface area contributed by atoms with Crippen molar-refractivity contribution in [2.45, 2.75) is 19.3 Å². The second-order valence-electron chi connectivity index (χ2n) is 4.94. The van der Waals surface area contributed by atoms with Gasteiger partial charge in [-0.1, -0.05) is 18.2 Å². The van der Waals surface area contributed by atoms with Gasteiger partial charge < -0.3 is 4.57 Å². The van der Waals surface area contributed by atoms with Crippen LogP contribution in [-0.2, 0) is 26.3 Å². The van der Waals surface area contributed by atoms with Crippen LogP contribution >= 0.6 is 0 Å². The number of hydrogen-bond acceptors (Lipinski definition) is 1. The van der Waals surface area contributed by atoms with Crippen molar-refractivity contribution in [2.24, 2.45) is 7.05 Å². The quantitative estimate of drug-likeness (QED) is 0.830. The number of hydrogen-bond donors (Lipinski definition) is 0. The highest BCUT2D eigenvalue weighted by Crippen LogP contribution is 2.32. The summed E-state index contributed by atoms with van der Waals surface area (Å²) >= 11 is 0. The summed E-state index contributed by atoms with van der Waals surface area (Å²) in [5.74, 6) is 0. The lowest BCUT2D eigenvalue weighted by atomic mass is 10.1. The van der Waals surface area contributed by atoms with Crippen molar-refractivity contribution in [1.82, 2.24) is 9.47 Å². The maximum atomic E-state index is 12.9. The van der Waals surface area contributed by atoms with E-state index in [2.05, 4.69) is 0 Å². The molecule has 0 aliphatic rings. The molecule has 108 valence electrons. The van der Waals surface area contributed by atoms with Gasteiger partial charge in [-0.15, -0.1) is 0 Å². The molecule has 0 fully saturated rings. The van der Waals surface area contributed by atoms with E-state index in [1.807, 2.05) is 41.9 Å². The van der Waals surface area contributed by atoms with E-state index >= 15 is 0 Å². The van der Waals surface area contributed by atoms with Crippen molar-refractivity contribution >= 4 is 0 Å². The van der Waals surface area contributed by atoms with Crippen LogP contribution in [0.25, 0.3) is 0 Å². The molecule has 1 aromatic carbocycles. The minimum atomic E-state index is -4.30. The van der Waals surface area contributed by atoms with Crippen molar-refractivity contribution in [3.63, 3.8) is 0 Å². The number of aromatic nitrogens is 1. The van der Waals surface area contributed by atoms with Crippen molar-refractivity contribution in [2.75, 3.05) is 7.05 Å². The molecule has 0 saturated carbocycles. The van der Waals surface area contributed by atoms with Crippen LogP contribution < -0.4 is 0 Å². The second-order valence-corrected chi connectivity index (χ2v) is 4.94. The number of aryl methyl sites for hydroxylation is 1. The Labute approximate surface area is 116 Å². The zero-order valence-corrected chi connectivity index (χ0v) is 11.5. The molecule has 0 saturated heterocycles. The predicted octanol–water partition coefficient (Wildman–Crippen LogP) is 3.68. The van der Waals surface area contributed by atoms with E-state index in [-0.39, 0.29) is 6.54 Å². The maximum absolute atomic E-state index is 12.9. The van der Waals surface area contributed by atoms with Crippen molar-refractivity contribution in [3.05, 3.63) is 59.4 Å². The Morgan fingerprint density at radius 2 is 1.75 bits per heavy atom. The minimum Gasteiger partial charge on any atom is -0.353 e. The molecule has 1 heterocycles. The maximum Gasteiger partial charge on any atom is 0.416 e. The number of alkyl halides is 3. The largest absolute Gasteiger partial charge is 0.416 e. The molecule has 0 spiro atoms. The first-order valence-electron chi connectivity index (χ1n) is 6.32. The highest BCUT2D eigenvalue weighted by molar-refractivity contribution is 5.29. The molecule has 20 heavy (non-hydrogen) atoms. The summed E-state index contributed by atoms with van der Waals surface area (Å²) in [5.41, 5.74) is 0.812. The molecule has 2 rings (SSSR count). The third-order valence-corrected chi connectivity index (χ3v) is 3.25. The first-order valence-corrected chi connectivity index (χ1v) is 6.32. The summed E-state index contributed by atoms with van der Waals surface area (Å²) in [6.07, 6.45) is -2.38. The third-order valence-electron chi connectivity index (χ3n) is 3.25. The zero-order valence-electron chi connectivity index (χ0n) is 11.5. The SMILES string of the molecule is CN(Cc1ccccc1C(F)(F)F)Cc1cccn1C. The van der Waals surface area contributed by atoms with Crippen LogP contribution in [0, 0.1) is 0 Å². The lowest BCUT2D eigenvalue weighted by Gasteiger charge is -2.20. The molecule has 0 unspecified atom stereocenters. The van der Waals surface area contributed by atoms with Gasteiger partial charge in [-0.25, -0.2) is 0 Å². The van der Waals surface area contributed by atoms with E-state index < -0.39 is 11.7 Å². The van der Waals surface area contributed by atoms with E-state index in [0.717, 1.165) is 11.8 Å². The number of halogens is 3. The molecule has 2 nitrogen and oxygen atoms in total. The third kappa shape index (κ3) is 3.42. The molecular formula is C15H17F3N2. The normalized spacial score (nSPS) is 12.1. The highest BCUT2D eigenvalue weighted by atomic mass is 19.4. The molecule has 5 heteroatoms. The van der Waals surface area contributed by atoms with Gasteiger partial charge in [0, 0.05) is 32.0 Å². The molecule has 0 aliphatic heterocycles. The van der Waals surface area contributed by atoms with Crippen molar-refractivity contribution < 1.29 is 13.2 Å². The predicted molar refractivity (Wildman–Crippen MR) is 72.0 cm³/mol. The fourth-order valence-electron chi connectivity index (χ4n) is 2.22. The molecule has 0 amide bonds. The molecule has 0 bridgehead atoms. The summed E-state index contributed by atoms with van der Waals surface area (Å²) in [4.78, 5) is 1.87. The molecule has 0 N–H and O–H groups in total. The van der Waals surface area contributed by atoms with Crippen molar-refractivity contribution in [3.8, 4) is 0 Å². The Bertz CT molecular complexity index is 572. The Morgan fingerprint density at radius 3 is 2.35 bits per heavy atom. The summed E-state index contributed by atoms with van der Waals surface area (Å²) in [6.45, 7) is 0.872. The van der Waals surface area contributed by atoms with E-state index in [0.29, 0.717) is 12.1 Å². The Kier molecular flexibility index (Phi) is 4.18. The van der Waals surface area contributed by atoms with Gasteiger partial charge in [0.05, 0.1) is 5.56 Å². The fraction of sp³-hybridized carbons (Fsp3) is 0.333. The zero-order chi connectivity index (χ0) is 14.8. The van der Waals surface area contributed by atoms with Crippen LogP contribution in [0.3, 0.4) is 0 Å². The van der Waals surface area contributed by atoms with Crippen LogP contribution in [0.2, 0.25) is 0 Å². The Hall–Kier alpha value is -1.75. The number of benzene rings is 1. The van der Waals surface area contributed by atoms with Gasteiger partial charge in [-0.3, -0.25) is 4.90 Å². The second kappa shape index (κ2) is 5.71. The van der Waals surface area contributed by atoms with Gasteiger partial charge in [0.2, 0.25) is 0 Å². The smallest absolute Gasteiger partial charge is 0.353 e. The van der Waals surface area contributed by atoms with E-state index in [4.69, 9.17) is 0 Å². The minimum absolute atomic E-state index is 0.265. The summed E-state index contributed by atoms with van der Waals surface area (Å²) < 4.78 is 40.7. The summed E-state index contributed by atoms with van der Waals surface area (Å²) in [5, 5.41) is 0. The molecule has 0 radical (unpaired) electrons. The number of nitrogens with zero attached hydrogens (tertiary/aromatic N) is 2. The highest BCUT2D eigenvalue weighted by Gasteiger charge is 2.32. The summed E-state index contributed by atoms with van der Waals surface area (Å²) in [7, 11) is 3.74. The number of rotatable bonds is 4. The van der Waals surface area contributed by atoms with Gasteiger partial charge in [-0.05, 0) is 30.8 Å². The first kappa shape index (κ1) is 14.7. The van der Waals surface area contributed by atoms with Gasteiger partial charge in [0.25, 0.3) is 0 Å². The van der Waals surface area contributed by atoms with Gasteiger partial charge >= 0.3 is 6.18 Å². The fourth-order valence-corrected chi connectivity index (χ4v) is 2.22. The molecule has 1 aromatic heterocycles. The lowest BCUT2D eigenvalue weighted by Crippen LogP contribution is -2.21. The first-order chi connectivity index (χ1) is 9.38.